The van der Waals surface area contributed by atoms with Crippen LogP contribution in [0, 0.1) is 5.82 Å². The maximum Gasteiger partial charge on any atom is 0.137 e. The van der Waals surface area contributed by atoms with Crippen molar-refractivity contribution >= 4 is 15.9 Å². The van der Waals surface area contributed by atoms with Gasteiger partial charge in [0.05, 0.1) is 4.47 Å². The molecular formula is C9H11BrFN. The molecule has 66 valence electrons. The van der Waals surface area contributed by atoms with Crippen LogP contribution < -0.4 is 5.73 Å². The van der Waals surface area contributed by atoms with Crippen LogP contribution in [-0.2, 0) is 0 Å². The van der Waals surface area contributed by atoms with E-state index in [9.17, 15) is 4.39 Å². The minimum Gasteiger partial charge on any atom is -0.324 e. The Bertz CT molecular complexity index is 275. The van der Waals surface area contributed by atoms with Crippen molar-refractivity contribution in [1.82, 2.24) is 0 Å². The summed E-state index contributed by atoms with van der Waals surface area (Å²) in [4.78, 5) is 0. The Kier molecular flexibility index (Phi) is 3.23. The Hall–Kier alpha value is -0.410. The number of halogens is 2. The van der Waals surface area contributed by atoms with Gasteiger partial charge in [-0.15, -0.1) is 0 Å². The molecule has 0 unspecified atom stereocenters. The average molecular weight is 232 g/mol. The van der Waals surface area contributed by atoms with Gasteiger partial charge >= 0.3 is 0 Å². The molecule has 1 rings (SSSR count). The smallest absolute Gasteiger partial charge is 0.137 e. The molecule has 0 heterocycles. The normalized spacial score (nSPS) is 13.0. The summed E-state index contributed by atoms with van der Waals surface area (Å²) in [5.74, 6) is -0.253. The summed E-state index contributed by atoms with van der Waals surface area (Å²) < 4.78 is 13.5. The number of rotatable bonds is 2. The molecule has 0 fully saturated rings. The van der Waals surface area contributed by atoms with Crippen LogP contribution in [0.5, 0.6) is 0 Å². The molecule has 0 aromatic heterocycles. The third kappa shape index (κ3) is 2.05. The van der Waals surface area contributed by atoms with Gasteiger partial charge in [0.2, 0.25) is 0 Å². The molecule has 0 saturated carbocycles. The van der Waals surface area contributed by atoms with E-state index in [4.69, 9.17) is 5.73 Å². The first kappa shape index (κ1) is 9.68. The van der Waals surface area contributed by atoms with Gasteiger partial charge in [0.1, 0.15) is 5.82 Å². The van der Waals surface area contributed by atoms with Crippen LogP contribution in [-0.4, -0.2) is 0 Å². The molecule has 0 aliphatic carbocycles. The predicted octanol–water partition coefficient (Wildman–Crippen LogP) is 3.00. The Morgan fingerprint density at radius 3 is 2.75 bits per heavy atom. The van der Waals surface area contributed by atoms with E-state index in [1.165, 1.54) is 6.07 Å². The summed E-state index contributed by atoms with van der Waals surface area (Å²) in [6.45, 7) is 1.98. The second-order valence-electron chi connectivity index (χ2n) is 2.69. The minimum atomic E-state index is -0.253. The summed E-state index contributed by atoms with van der Waals surface area (Å²) in [6, 6.07) is 4.92. The molecule has 2 N–H and O–H groups in total. The standard InChI is InChI=1S/C9H11BrFN/c1-2-9(12)6-3-4-7(10)8(11)5-6/h3-5,9H,2,12H2,1H3/t9-/m0/s1. The third-order valence-electron chi connectivity index (χ3n) is 1.81. The molecule has 1 nitrogen and oxygen atoms in total. The lowest BCUT2D eigenvalue weighted by Crippen LogP contribution is -2.08. The van der Waals surface area contributed by atoms with Crippen molar-refractivity contribution in [3.63, 3.8) is 0 Å². The molecule has 1 atom stereocenters. The Balaban J connectivity index is 2.96. The lowest BCUT2D eigenvalue weighted by atomic mass is 10.1. The summed E-state index contributed by atoms with van der Waals surface area (Å²) >= 11 is 3.08. The molecule has 3 heteroatoms. The maximum atomic E-state index is 13.0. The molecule has 0 aliphatic rings. The highest BCUT2D eigenvalue weighted by Gasteiger charge is 2.05. The highest BCUT2D eigenvalue weighted by atomic mass is 79.9. The first-order valence-electron chi connectivity index (χ1n) is 3.85. The van der Waals surface area contributed by atoms with Crippen molar-refractivity contribution in [1.29, 1.82) is 0 Å². The molecule has 0 spiro atoms. The summed E-state index contributed by atoms with van der Waals surface area (Å²) in [6.07, 6.45) is 0.821. The van der Waals surface area contributed by atoms with E-state index in [0.29, 0.717) is 4.47 Å². The number of nitrogens with two attached hydrogens (primary N) is 1. The minimum absolute atomic E-state index is 0.0624. The van der Waals surface area contributed by atoms with Crippen LogP contribution >= 0.6 is 15.9 Å². The zero-order chi connectivity index (χ0) is 9.14. The number of hydrogen-bond acceptors (Lipinski definition) is 1. The first-order chi connectivity index (χ1) is 5.65. The van der Waals surface area contributed by atoms with E-state index in [1.54, 1.807) is 6.07 Å². The van der Waals surface area contributed by atoms with Crippen LogP contribution in [0.15, 0.2) is 22.7 Å². The summed E-state index contributed by atoms with van der Waals surface area (Å²) in [7, 11) is 0. The molecule has 0 saturated heterocycles. The lowest BCUT2D eigenvalue weighted by Gasteiger charge is -2.08. The van der Waals surface area contributed by atoms with E-state index in [2.05, 4.69) is 15.9 Å². The third-order valence-corrected chi connectivity index (χ3v) is 2.45. The second-order valence-corrected chi connectivity index (χ2v) is 3.54. The maximum absolute atomic E-state index is 13.0. The topological polar surface area (TPSA) is 26.0 Å². The SMILES string of the molecule is CC[C@H](N)c1ccc(Br)c(F)c1. The van der Waals surface area contributed by atoms with E-state index >= 15 is 0 Å². The van der Waals surface area contributed by atoms with Gasteiger partial charge < -0.3 is 5.73 Å². The quantitative estimate of drug-likeness (QED) is 0.833. The van der Waals surface area contributed by atoms with Crippen molar-refractivity contribution in [2.45, 2.75) is 19.4 Å². The van der Waals surface area contributed by atoms with Crippen LogP contribution in [0.2, 0.25) is 0 Å². The van der Waals surface area contributed by atoms with Crippen LogP contribution in [0.25, 0.3) is 0 Å². The van der Waals surface area contributed by atoms with Crippen molar-refractivity contribution in [3.05, 3.63) is 34.1 Å². The molecule has 1 aromatic rings. The van der Waals surface area contributed by atoms with Gasteiger partial charge in [-0.3, -0.25) is 0 Å². The van der Waals surface area contributed by atoms with E-state index in [-0.39, 0.29) is 11.9 Å². The zero-order valence-corrected chi connectivity index (χ0v) is 8.44. The highest BCUT2D eigenvalue weighted by molar-refractivity contribution is 9.10. The largest absolute Gasteiger partial charge is 0.324 e. The molecule has 0 aliphatic heterocycles. The van der Waals surface area contributed by atoms with Gasteiger partial charge in [0, 0.05) is 6.04 Å². The number of benzene rings is 1. The fraction of sp³-hybridized carbons (Fsp3) is 0.333. The lowest BCUT2D eigenvalue weighted by molar-refractivity contribution is 0.610. The van der Waals surface area contributed by atoms with Gasteiger partial charge in [-0.2, -0.15) is 0 Å². The highest BCUT2D eigenvalue weighted by Crippen LogP contribution is 2.20. The molecule has 0 radical (unpaired) electrons. The van der Waals surface area contributed by atoms with Gasteiger partial charge in [-0.25, -0.2) is 4.39 Å². The second kappa shape index (κ2) is 4.01. The molecular weight excluding hydrogens is 221 g/mol. The molecule has 0 amide bonds. The monoisotopic (exact) mass is 231 g/mol. The van der Waals surface area contributed by atoms with Crippen molar-refractivity contribution < 1.29 is 4.39 Å². The molecule has 12 heavy (non-hydrogen) atoms. The predicted molar refractivity (Wildman–Crippen MR) is 51.3 cm³/mol. The fourth-order valence-corrected chi connectivity index (χ4v) is 1.23. The molecule has 1 aromatic carbocycles. The fourth-order valence-electron chi connectivity index (χ4n) is 0.979. The Labute approximate surface area is 79.9 Å². The van der Waals surface area contributed by atoms with E-state index in [1.807, 2.05) is 13.0 Å². The molecule has 0 bridgehead atoms. The van der Waals surface area contributed by atoms with E-state index < -0.39 is 0 Å². The Morgan fingerprint density at radius 2 is 2.25 bits per heavy atom. The van der Waals surface area contributed by atoms with Gasteiger partial charge in [-0.05, 0) is 40.0 Å². The van der Waals surface area contributed by atoms with Gasteiger partial charge in [0.25, 0.3) is 0 Å². The van der Waals surface area contributed by atoms with Gasteiger partial charge in [0.15, 0.2) is 0 Å². The zero-order valence-electron chi connectivity index (χ0n) is 6.85. The Morgan fingerprint density at radius 1 is 1.58 bits per heavy atom. The van der Waals surface area contributed by atoms with Crippen molar-refractivity contribution in [3.8, 4) is 0 Å². The summed E-state index contributed by atoms with van der Waals surface area (Å²) in [5.41, 5.74) is 6.58. The van der Waals surface area contributed by atoms with Crippen LogP contribution in [0.4, 0.5) is 4.39 Å². The average Bonchev–Trinajstić information content (AvgIpc) is 2.08. The first-order valence-corrected chi connectivity index (χ1v) is 4.65. The number of hydrogen-bond donors (Lipinski definition) is 1. The van der Waals surface area contributed by atoms with Crippen LogP contribution in [0.1, 0.15) is 24.9 Å². The van der Waals surface area contributed by atoms with Crippen LogP contribution in [0.3, 0.4) is 0 Å². The van der Waals surface area contributed by atoms with Gasteiger partial charge in [-0.1, -0.05) is 13.0 Å². The van der Waals surface area contributed by atoms with Crippen molar-refractivity contribution in [2.24, 2.45) is 5.73 Å². The van der Waals surface area contributed by atoms with Crippen molar-refractivity contribution in [2.75, 3.05) is 0 Å². The summed E-state index contributed by atoms with van der Waals surface area (Å²) in [5, 5.41) is 0. The van der Waals surface area contributed by atoms with E-state index in [0.717, 1.165) is 12.0 Å².